The van der Waals surface area contributed by atoms with E-state index in [2.05, 4.69) is 5.32 Å². The van der Waals surface area contributed by atoms with Gasteiger partial charge in [-0.1, -0.05) is 0 Å². The standard InChI is InChI=1S/C18H27N3O5/c1-19-16(22)12-20-6-8-21(9-7-20)17(23)5-4-13-10-14(25-2)18(24)15(11-13)26-3/h10-11,24H,4-9,12H2,1-3H3,(H,19,22). The summed E-state index contributed by atoms with van der Waals surface area (Å²) < 4.78 is 10.3. The molecule has 0 unspecified atom stereocenters. The molecule has 0 atom stereocenters. The molecular formula is C18H27N3O5. The van der Waals surface area contributed by atoms with E-state index in [9.17, 15) is 14.7 Å². The molecule has 26 heavy (non-hydrogen) atoms. The molecule has 2 amide bonds. The molecule has 0 spiro atoms. The number of benzene rings is 1. The Morgan fingerprint density at radius 1 is 1.12 bits per heavy atom. The van der Waals surface area contributed by atoms with Gasteiger partial charge in [0, 0.05) is 39.6 Å². The second kappa shape index (κ2) is 9.28. The number of phenolic OH excluding ortho intramolecular Hbond substituents is 1. The number of carbonyl (C=O) groups is 2. The van der Waals surface area contributed by atoms with Gasteiger partial charge in [0.15, 0.2) is 11.5 Å². The molecule has 1 fully saturated rings. The average molecular weight is 365 g/mol. The minimum atomic E-state index is -0.0442. The summed E-state index contributed by atoms with van der Waals surface area (Å²) in [5.74, 6) is 0.678. The molecule has 2 rings (SSSR count). The topological polar surface area (TPSA) is 91.3 Å². The van der Waals surface area contributed by atoms with Crippen molar-refractivity contribution in [1.82, 2.24) is 15.1 Å². The molecule has 0 aliphatic carbocycles. The first-order chi connectivity index (χ1) is 12.5. The van der Waals surface area contributed by atoms with Gasteiger partial charge < -0.3 is 24.8 Å². The number of hydrogen-bond acceptors (Lipinski definition) is 6. The number of likely N-dealkylation sites (N-methyl/N-ethyl adjacent to an activating group) is 1. The molecular weight excluding hydrogens is 338 g/mol. The Balaban J connectivity index is 1.87. The SMILES string of the molecule is CNC(=O)CN1CCN(C(=O)CCc2cc(OC)c(O)c(OC)c2)CC1. The van der Waals surface area contributed by atoms with Gasteiger partial charge >= 0.3 is 0 Å². The molecule has 1 aromatic rings. The molecule has 1 saturated heterocycles. The van der Waals surface area contributed by atoms with Crippen LogP contribution in [0.15, 0.2) is 12.1 Å². The molecule has 1 heterocycles. The zero-order valence-corrected chi connectivity index (χ0v) is 15.6. The molecule has 8 heteroatoms. The third kappa shape index (κ3) is 5.01. The van der Waals surface area contributed by atoms with Crippen molar-refractivity contribution in [3.05, 3.63) is 17.7 Å². The van der Waals surface area contributed by atoms with Crippen molar-refractivity contribution in [2.75, 3.05) is 54.0 Å². The number of phenols is 1. The molecule has 0 saturated carbocycles. The van der Waals surface area contributed by atoms with Gasteiger partial charge in [-0.2, -0.15) is 0 Å². The summed E-state index contributed by atoms with van der Waals surface area (Å²) in [4.78, 5) is 27.7. The Morgan fingerprint density at radius 2 is 1.69 bits per heavy atom. The normalized spacial score (nSPS) is 14.8. The van der Waals surface area contributed by atoms with E-state index in [0.717, 1.165) is 5.56 Å². The predicted octanol–water partition coefficient (Wildman–Crippen LogP) is 0.232. The van der Waals surface area contributed by atoms with Crippen molar-refractivity contribution < 1.29 is 24.2 Å². The second-order valence-corrected chi connectivity index (χ2v) is 6.18. The minimum Gasteiger partial charge on any atom is -0.502 e. The fourth-order valence-electron chi connectivity index (χ4n) is 2.94. The molecule has 1 aliphatic heterocycles. The van der Waals surface area contributed by atoms with E-state index in [0.29, 0.717) is 57.1 Å². The quantitative estimate of drug-likeness (QED) is 0.719. The largest absolute Gasteiger partial charge is 0.502 e. The van der Waals surface area contributed by atoms with E-state index in [4.69, 9.17) is 9.47 Å². The first-order valence-electron chi connectivity index (χ1n) is 8.63. The van der Waals surface area contributed by atoms with Gasteiger partial charge in [-0.25, -0.2) is 0 Å². The highest BCUT2D eigenvalue weighted by molar-refractivity contribution is 5.78. The van der Waals surface area contributed by atoms with Crippen LogP contribution in [0.2, 0.25) is 0 Å². The van der Waals surface area contributed by atoms with Crippen LogP contribution in [0.3, 0.4) is 0 Å². The lowest BCUT2D eigenvalue weighted by atomic mass is 10.1. The Bertz CT molecular complexity index is 617. The van der Waals surface area contributed by atoms with Gasteiger partial charge in [0.25, 0.3) is 0 Å². The van der Waals surface area contributed by atoms with Crippen LogP contribution in [0.5, 0.6) is 17.2 Å². The zero-order valence-electron chi connectivity index (χ0n) is 15.6. The van der Waals surface area contributed by atoms with Crippen molar-refractivity contribution in [2.45, 2.75) is 12.8 Å². The van der Waals surface area contributed by atoms with Gasteiger partial charge in [-0.15, -0.1) is 0 Å². The van der Waals surface area contributed by atoms with Crippen molar-refractivity contribution in [3.63, 3.8) is 0 Å². The number of amides is 2. The second-order valence-electron chi connectivity index (χ2n) is 6.18. The van der Waals surface area contributed by atoms with Crippen LogP contribution in [0.4, 0.5) is 0 Å². The summed E-state index contributed by atoms with van der Waals surface area (Å²) in [6, 6.07) is 3.43. The van der Waals surface area contributed by atoms with E-state index in [1.165, 1.54) is 14.2 Å². The number of ether oxygens (including phenoxy) is 2. The molecule has 8 nitrogen and oxygen atoms in total. The van der Waals surface area contributed by atoms with Crippen LogP contribution in [-0.2, 0) is 16.0 Å². The van der Waals surface area contributed by atoms with Crippen LogP contribution >= 0.6 is 0 Å². The Labute approximate surface area is 153 Å². The number of hydrogen-bond donors (Lipinski definition) is 2. The summed E-state index contributed by atoms with van der Waals surface area (Å²) >= 11 is 0. The number of nitrogens with zero attached hydrogens (tertiary/aromatic N) is 2. The van der Waals surface area contributed by atoms with E-state index < -0.39 is 0 Å². The van der Waals surface area contributed by atoms with Gasteiger partial charge in [0.2, 0.25) is 17.6 Å². The highest BCUT2D eigenvalue weighted by atomic mass is 16.5. The monoisotopic (exact) mass is 365 g/mol. The number of carbonyl (C=O) groups excluding carboxylic acids is 2. The van der Waals surface area contributed by atoms with Crippen molar-refractivity contribution in [3.8, 4) is 17.2 Å². The number of aromatic hydroxyl groups is 1. The number of rotatable bonds is 7. The molecule has 0 aromatic heterocycles. The molecule has 2 N–H and O–H groups in total. The first kappa shape index (κ1) is 19.8. The highest BCUT2D eigenvalue weighted by Gasteiger charge is 2.22. The molecule has 1 aliphatic rings. The van der Waals surface area contributed by atoms with Crippen LogP contribution < -0.4 is 14.8 Å². The maximum absolute atomic E-state index is 12.4. The first-order valence-corrected chi connectivity index (χ1v) is 8.63. The van der Waals surface area contributed by atoms with Gasteiger partial charge in [-0.3, -0.25) is 14.5 Å². The predicted molar refractivity (Wildman–Crippen MR) is 96.6 cm³/mol. The fraction of sp³-hybridized carbons (Fsp3) is 0.556. The number of piperazine rings is 1. The average Bonchev–Trinajstić information content (AvgIpc) is 2.67. The summed E-state index contributed by atoms with van der Waals surface area (Å²) in [5, 5.41) is 12.5. The van der Waals surface area contributed by atoms with Crippen molar-refractivity contribution in [2.24, 2.45) is 0 Å². The third-order valence-electron chi connectivity index (χ3n) is 4.54. The summed E-state index contributed by atoms with van der Waals surface area (Å²) in [6.07, 6.45) is 0.900. The molecule has 1 aromatic carbocycles. The maximum atomic E-state index is 12.4. The van der Waals surface area contributed by atoms with Gasteiger partial charge in [0.1, 0.15) is 0 Å². The number of nitrogens with one attached hydrogen (secondary N) is 1. The van der Waals surface area contributed by atoms with Gasteiger partial charge in [-0.05, 0) is 24.1 Å². The van der Waals surface area contributed by atoms with Crippen LogP contribution in [0.25, 0.3) is 0 Å². The Morgan fingerprint density at radius 3 is 2.19 bits per heavy atom. The van der Waals surface area contributed by atoms with E-state index >= 15 is 0 Å². The minimum absolute atomic E-state index is 0.0139. The van der Waals surface area contributed by atoms with Crippen molar-refractivity contribution >= 4 is 11.8 Å². The molecule has 144 valence electrons. The lowest BCUT2D eigenvalue weighted by Gasteiger charge is -2.34. The molecule has 0 bridgehead atoms. The lowest BCUT2D eigenvalue weighted by molar-refractivity contribution is -0.133. The van der Waals surface area contributed by atoms with Crippen LogP contribution in [0, 0.1) is 0 Å². The maximum Gasteiger partial charge on any atom is 0.233 e. The van der Waals surface area contributed by atoms with E-state index in [1.807, 2.05) is 9.80 Å². The molecule has 0 radical (unpaired) electrons. The Kier molecular flexibility index (Phi) is 7.08. The summed E-state index contributed by atoms with van der Waals surface area (Å²) in [7, 11) is 4.57. The van der Waals surface area contributed by atoms with E-state index in [1.54, 1.807) is 19.2 Å². The lowest BCUT2D eigenvalue weighted by Crippen LogP contribution is -2.50. The number of methoxy groups -OCH3 is 2. The smallest absolute Gasteiger partial charge is 0.233 e. The summed E-state index contributed by atoms with van der Waals surface area (Å²) in [6.45, 7) is 3.00. The van der Waals surface area contributed by atoms with Crippen molar-refractivity contribution in [1.29, 1.82) is 0 Å². The van der Waals surface area contributed by atoms with Crippen LogP contribution in [0.1, 0.15) is 12.0 Å². The van der Waals surface area contributed by atoms with Gasteiger partial charge in [0.05, 0.1) is 20.8 Å². The van der Waals surface area contributed by atoms with Crippen LogP contribution in [-0.4, -0.2) is 80.7 Å². The zero-order chi connectivity index (χ0) is 19.1. The number of aryl methyl sites for hydroxylation is 1. The highest BCUT2D eigenvalue weighted by Crippen LogP contribution is 2.37. The summed E-state index contributed by atoms with van der Waals surface area (Å²) in [5.41, 5.74) is 0.864. The van der Waals surface area contributed by atoms with E-state index in [-0.39, 0.29) is 17.6 Å². The third-order valence-corrected chi connectivity index (χ3v) is 4.54. The fourth-order valence-corrected chi connectivity index (χ4v) is 2.94. The Hall–Kier alpha value is -2.48.